The van der Waals surface area contributed by atoms with Gasteiger partial charge in [0.1, 0.15) is 18.2 Å². The van der Waals surface area contributed by atoms with Gasteiger partial charge >= 0.3 is 6.18 Å². The maximum atomic E-state index is 11.7. The summed E-state index contributed by atoms with van der Waals surface area (Å²) in [6.07, 6.45) is -4.30. The minimum atomic E-state index is -4.30. The van der Waals surface area contributed by atoms with Crippen molar-refractivity contribution in [1.29, 1.82) is 0 Å². The molecule has 0 aliphatic heterocycles. The Hall–Kier alpha value is -0.890. The maximum Gasteiger partial charge on any atom is 0.411 e. The highest BCUT2D eigenvalue weighted by Gasteiger charge is 2.27. The van der Waals surface area contributed by atoms with Crippen molar-refractivity contribution < 1.29 is 17.9 Å². The fourth-order valence-corrected chi connectivity index (χ4v) is 1.53. The van der Waals surface area contributed by atoms with Gasteiger partial charge < -0.3 is 10.1 Å². The summed E-state index contributed by atoms with van der Waals surface area (Å²) >= 11 is 1.18. The van der Waals surface area contributed by atoms with Crippen molar-refractivity contribution in [3.8, 4) is 0 Å². The Morgan fingerprint density at radius 1 is 1.40 bits per heavy atom. The van der Waals surface area contributed by atoms with Gasteiger partial charge in [0.15, 0.2) is 0 Å². The van der Waals surface area contributed by atoms with E-state index in [1.54, 1.807) is 0 Å². The first kappa shape index (κ1) is 12.2. The van der Waals surface area contributed by atoms with Gasteiger partial charge in [0, 0.05) is 6.54 Å². The molecule has 0 aliphatic carbocycles. The second kappa shape index (κ2) is 5.26. The Balaban J connectivity index is 2.31. The van der Waals surface area contributed by atoms with Gasteiger partial charge in [-0.05, 0) is 6.92 Å². The first-order valence-electron chi connectivity index (χ1n) is 4.22. The lowest BCUT2D eigenvalue weighted by molar-refractivity contribution is -0.176. The first-order chi connectivity index (χ1) is 7.01. The second-order valence-corrected chi connectivity index (χ2v) is 3.70. The molecular weight excluding hydrogens is 231 g/mol. The van der Waals surface area contributed by atoms with Crippen LogP contribution in [-0.4, -0.2) is 29.5 Å². The van der Waals surface area contributed by atoms with E-state index in [0.717, 1.165) is 0 Å². The van der Waals surface area contributed by atoms with Crippen molar-refractivity contribution in [3.63, 3.8) is 0 Å². The van der Waals surface area contributed by atoms with Crippen LogP contribution in [0.15, 0.2) is 0 Å². The molecule has 1 aromatic rings. The standard InChI is InChI=1S/C7H10F3N3OS/c1-2-11-6-13-12-5(15-6)3-14-4-7(8,9)10/h2-4H2,1H3,(H,11,13). The molecule has 0 unspecified atom stereocenters. The lowest BCUT2D eigenvalue weighted by Gasteiger charge is -2.04. The van der Waals surface area contributed by atoms with E-state index in [-0.39, 0.29) is 6.61 Å². The molecule has 0 amide bonds. The number of alkyl halides is 3. The zero-order valence-corrected chi connectivity index (χ0v) is 8.78. The molecule has 8 heteroatoms. The van der Waals surface area contributed by atoms with Crippen LogP contribution in [0.2, 0.25) is 0 Å². The molecule has 86 valence electrons. The van der Waals surface area contributed by atoms with Crippen molar-refractivity contribution in [1.82, 2.24) is 10.2 Å². The smallest absolute Gasteiger partial charge is 0.365 e. The predicted molar refractivity (Wildman–Crippen MR) is 49.8 cm³/mol. The number of hydrogen-bond donors (Lipinski definition) is 1. The first-order valence-corrected chi connectivity index (χ1v) is 5.03. The summed E-state index contributed by atoms with van der Waals surface area (Å²) in [5.41, 5.74) is 0. The van der Waals surface area contributed by atoms with E-state index in [4.69, 9.17) is 0 Å². The second-order valence-electron chi connectivity index (χ2n) is 2.64. The molecule has 0 radical (unpaired) electrons. The van der Waals surface area contributed by atoms with Crippen LogP contribution in [0, 0.1) is 0 Å². The molecule has 1 heterocycles. The molecule has 0 atom stereocenters. The van der Waals surface area contributed by atoms with Gasteiger partial charge in [0.25, 0.3) is 0 Å². The summed E-state index contributed by atoms with van der Waals surface area (Å²) in [4.78, 5) is 0. The highest BCUT2D eigenvalue weighted by Crippen LogP contribution is 2.18. The summed E-state index contributed by atoms with van der Waals surface area (Å²) in [6, 6.07) is 0. The lowest BCUT2D eigenvalue weighted by atomic mass is 10.7. The Labute approximate surface area is 88.5 Å². The normalized spacial score (nSPS) is 11.7. The van der Waals surface area contributed by atoms with Crippen molar-refractivity contribution >= 4 is 16.5 Å². The monoisotopic (exact) mass is 241 g/mol. The molecule has 1 N–H and O–H groups in total. The average Bonchev–Trinajstić information content (AvgIpc) is 2.51. The molecule has 0 saturated heterocycles. The van der Waals surface area contributed by atoms with Gasteiger partial charge in [0.05, 0.1) is 0 Å². The van der Waals surface area contributed by atoms with E-state index in [2.05, 4.69) is 20.3 Å². The molecule has 0 aliphatic rings. The molecule has 0 bridgehead atoms. The molecule has 0 spiro atoms. The molecule has 0 saturated carbocycles. The molecule has 1 rings (SSSR count). The van der Waals surface area contributed by atoms with Gasteiger partial charge in [-0.3, -0.25) is 0 Å². The number of halogens is 3. The molecule has 1 aromatic heterocycles. The van der Waals surface area contributed by atoms with E-state index in [1.807, 2.05) is 6.92 Å². The highest BCUT2D eigenvalue weighted by atomic mass is 32.1. The number of nitrogens with one attached hydrogen (secondary N) is 1. The van der Waals surface area contributed by atoms with Crippen molar-refractivity contribution in [2.24, 2.45) is 0 Å². The third-order valence-corrected chi connectivity index (χ3v) is 2.14. The van der Waals surface area contributed by atoms with Crippen LogP contribution < -0.4 is 5.32 Å². The fraction of sp³-hybridized carbons (Fsp3) is 0.714. The number of aromatic nitrogens is 2. The number of ether oxygens (including phenoxy) is 1. The van der Waals surface area contributed by atoms with E-state index in [0.29, 0.717) is 16.7 Å². The predicted octanol–water partition coefficient (Wildman–Crippen LogP) is 2.05. The molecule has 0 fully saturated rings. The summed E-state index contributed by atoms with van der Waals surface area (Å²) in [7, 11) is 0. The van der Waals surface area contributed by atoms with E-state index >= 15 is 0 Å². The van der Waals surface area contributed by atoms with Crippen LogP contribution in [0.4, 0.5) is 18.3 Å². The number of nitrogens with zero attached hydrogens (tertiary/aromatic N) is 2. The van der Waals surface area contributed by atoms with Gasteiger partial charge in [-0.15, -0.1) is 10.2 Å². The van der Waals surface area contributed by atoms with Crippen LogP contribution in [0.3, 0.4) is 0 Å². The number of hydrogen-bond acceptors (Lipinski definition) is 5. The largest absolute Gasteiger partial charge is 0.411 e. The minimum Gasteiger partial charge on any atom is -0.365 e. The summed E-state index contributed by atoms with van der Waals surface area (Å²) in [6.45, 7) is 1.16. The molecular formula is C7H10F3N3OS. The molecule has 15 heavy (non-hydrogen) atoms. The zero-order valence-electron chi connectivity index (χ0n) is 7.97. The van der Waals surface area contributed by atoms with E-state index < -0.39 is 12.8 Å². The van der Waals surface area contributed by atoms with Crippen molar-refractivity contribution in [3.05, 3.63) is 5.01 Å². The third kappa shape index (κ3) is 4.93. The number of anilines is 1. The summed E-state index contributed by atoms with van der Waals surface area (Å²) in [5.74, 6) is 0. The van der Waals surface area contributed by atoms with Gasteiger partial charge in [-0.2, -0.15) is 13.2 Å². The maximum absolute atomic E-state index is 11.7. The Bertz CT molecular complexity index is 302. The number of rotatable bonds is 5. The molecule has 4 nitrogen and oxygen atoms in total. The van der Waals surface area contributed by atoms with Crippen LogP contribution in [0.25, 0.3) is 0 Å². The van der Waals surface area contributed by atoms with Gasteiger partial charge in [0.2, 0.25) is 5.13 Å². The lowest BCUT2D eigenvalue weighted by Crippen LogP contribution is -2.16. The fourth-order valence-electron chi connectivity index (χ4n) is 0.789. The van der Waals surface area contributed by atoms with Gasteiger partial charge in [-0.25, -0.2) is 0 Å². The van der Waals surface area contributed by atoms with Crippen LogP contribution >= 0.6 is 11.3 Å². The minimum absolute atomic E-state index is 0.164. The SMILES string of the molecule is CCNc1nnc(COCC(F)(F)F)s1. The third-order valence-electron chi connectivity index (χ3n) is 1.29. The van der Waals surface area contributed by atoms with Crippen LogP contribution in [0.5, 0.6) is 0 Å². The molecule has 0 aromatic carbocycles. The summed E-state index contributed by atoms with van der Waals surface area (Å²) < 4.78 is 39.6. The topological polar surface area (TPSA) is 47.0 Å². The Morgan fingerprint density at radius 3 is 2.73 bits per heavy atom. The van der Waals surface area contributed by atoms with Gasteiger partial charge in [-0.1, -0.05) is 11.3 Å². The van der Waals surface area contributed by atoms with Crippen molar-refractivity contribution in [2.45, 2.75) is 19.7 Å². The highest BCUT2D eigenvalue weighted by molar-refractivity contribution is 7.15. The van der Waals surface area contributed by atoms with Crippen LogP contribution in [0.1, 0.15) is 11.9 Å². The average molecular weight is 241 g/mol. The van der Waals surface area contributed by atoms with E-state index in [1.165, 1.54) is 11.3 Å². The van der Waals surface area contributed by atoms with Crippen LogP contribution in [-0.2, 0) is 11.3 Å². The quantitative estimate of drug-likeness (QED) is 0.857. The Kier molecular flexibility index (Phi) is 4.28. The summed E-state index contributed by atoms with van der Waals surface area (Å²) in [5, 5.41) is 11.3. The Morgan fingerprint density at radius 2 is 2.13 bits per heavy atom. The zero-order chi connectivity index (χ0) is 11.3. The van der Waals surface area contributed by atoms with Crippen molar-refractivity contribution in [2.75, 3.05) is 18.5 Å². The van der Waals surface area contributed by atoms with E-state index in [9.17, 15) is 13.2 Å².